The Bertz CT molecular complexity index is 886. The predicted molar refractivity (Wildman–Crippen MR) is 94.7 cm³/mol. The second-order valence-corrected chi connectivity index (χ2v) is 6.66. The van der Waals surface area contributed by atoms with Crippen molar-refractivity contribution in [1.82, 2.24) is 10.6 Å². The zero-order valence-electron chi connectivity index (χ0n) is 15.1. The van der Waals surface area contributed by atoms with E-state index < -0.39 is 29.8 Å². The molecule has 1 aromatic carbocycles. The molecule has 0 unspecified atom stereocenters. The zero-order chi connectivity index (χ0) is 19.6. The summed E-state index contributed by atoms with van der Waals surface area (Å²) < 4.78 is 24.1. The van der Waals surface area contributed by atoms with Crippen LogP contribution in [0.3, 0.4) is 0 Å². The van der Waals surface area contributed by atoms with Crippen molar-refractivity contribution in [1.29, 1.82) is 0 Å². The van der Waals surface area contributed by atoms with Crippen LogP contribution in [0.25, 0.3) is 11.0 Å². The fourth-order valence-electron chi connectivity index (χ4n) is 3.18. The monoisotopic (exact) mass is 376 g/mol. The molecule has 27 heavy (non-hydrogen) atoms. The van der Waals surface area contributed by atoms with Crippen LogP contribution in [-0.2, 0) is 9.53 Å². The van der Waals surface area contributed by atoms with Crippen molar-refractivity contribution >= 4 is 28.9 Å². The van der Waals surface area contributed by atoms with Gasteiger partial charge in [-0.3, -0.25) is 10.1 Å². The number of aryl methyl sites for hydroxylation is 1. The van der Waals surface area contributed by atoms with Gasteiger partial charge in [-0.05, 0) is 32.8 Å². The van der Waals surface area contributed by atoms with Gasteiger partial charge in [-0.2, -0.15) is 0 Å². The van der Waals surface area contributed by atoms with E-state index in [1.165, 1.54) is 19.1 Å². The SMILES string of the molecule is Cc1c(C(=O)O[C@@H](C)C(=O)NC(=O)NC2CCCC2)oc2c(F)cccc12. The smallest absolute Gasteiger partial charge is 0.375 e. The molecular formula is C19H21FN2O5. The van der Waals surface area contributed by atoms with Crippen LogP contribution < -0.4 is 10.6 Å². The first kappa shape index (κ1) is 18.9. The molecule has 1 fully saturated rings. The van der Waals surface area contributed by atoms with Crippen LogP contribution in [0.5, 0.6) is 0 Å². The minimum Gasteiger partial charge on any atom is -0.447 e. The number of rotatable bonds is 4. The lowest BCUT2D eigenvalue weighted by Gasteiger charge is -2.15. The van der Waals surface area contributed by atoms with Gasteiger partial charge >= 0.3 is 12.0 Å². The summed E-state index contributed by atoms with van der Waals surface area (Å²) in [7, 11) is 0. The van der Waals surface area contributed by atoms with E-state index in [-0.39, 0.29) is 17.4 Å². The molecule has 1 aliphatic rings. The standard InChI is InChI=1S/C19H21FN2O5/c1-10-13-8-5-9-14(20)16(13)27-15(10)18(24)26-11(2)17(23)22-19(25)21-12-6-3-4-7-12/h5,8-9,11-12H,3-4,6-7H2,1-2H3,(H2,21,22,23,25)/t11-/m0/s1. The molecule has 0 spiro atoms. The minimum atomic E-state index is -1.22. The van der Waals surface area contributed by atoms with E-state index in [2.05, 4.69) is 10.6 Å². The Balaban J connectivity index is 1.61. The van der Waals surface area contributed by atoms with Gasteiger partial charge in [-0.25, -0.2) is 14.0 Å². The summed E-state index contributed by atoms with van der Waals surface area (Å²) in [5.41, 5.74) is 0.371. The highest BCUT2D eigenvalue weighted by molar-refractivity contribution is 6.00. The van der Waals surface area contributed by atoms with E-state index >= 15 is 0 Å². The summed E-state index contributed by atoms with van der Waals surface area (Å²) in [6, 6.07) is 3.80. The van der Waals surface area contributed by atoms with Gasteiger partial charge in [0.25, 0.3) is 5.91 Å². The first-order valence-electron chi connectivity index (χ1n) is 8.86. The summed E-state index contributed by atoms with van der Waals surface area (Å²) >= 11 is 0. The maximum absolute atomic E-state index is 13.8. The Morgan fingerprint density at radius 2 is 1.96 bits per heavy atom. The highest BCUT2D eigenvalue weighted by Gasteiger charge is 2.26. The Morgan fingerprint density at radius 1 is 1.26 bits per heavy atom. The van der Waals surface area contributed by atoms with Gasteiger partial charge in [-0.15, -0.1) is 0 Å². The number of carbonyl (C=O) groups excluding carboxylic acids is 3. The van der Waals surface area contributed by atoms with E-state index in [1.807, 2.05) is 0 Å². The van der Waals surface area contributed by atoms with E-state index in [0.29, 0.717) is 10.9 Å². The number of carbonyl (C=O) groups is 3. The molecule has 3 rings (SSSR count). The molecule has 144 valence electrons. The van der Waals surface area contributed by atoms with Crippen LogP contribution in [-0.4, -0.2) is 30.1 Å². The lowest BCUT2D eigenvalue weighted by atomic mass is 10.1. The molecule has 1 atom stereocenters. The molecule has 0 radical (unpaired) electrons. The number of ether oxygens (including phenoxy) is 1. The number of amides is 3. The number of hydrogen-bond acceptors (Lipinski definition) is 5. The molecule has 7 nitrogen and oxygen atoms in total. The Kier molecular flexibility index (Phi) is 5.43. The highest BCUT2D eigenvalue weighted by atomic mass is 19.1. The molecule has 3 amide bonds. The molecule has 1 aliphatic carbocycles. The lowest BCUT2D eigenvalue weighted by Crippen LogP contribution is -2.47. The van der Waals surface area contributed by atoms with Crippen molar-refractivity contribution in [3.05, 3.63) is 35.3 Å². The van der Waals surface area contributed by atoms with Crippen LogP contribution in [0.15, 0.2) is 22.6 Å². The molecule has 2 N–H and O–H groups in total. The highest BCUT2D eigenvalue weighted by Crippen LogP contribution is 2.28. The van der Waals surface area contributed by atoms with E-state index in [0.717, 1.165) is 25.7 Å². The quantitative estimate of drug-likeness (QED) is 0.799. The van der Waals surface area contributed by atoms with Crippen molar-refractivity contribution in [3.8, 4) is 0 Å². The summed E-state index contributed by atoms with van der Waals surface area (Å²) in [4.78, 5) is 36.2. The molecular weight excluding hydrogens is 355 g/mol. The maximum atomic E-state index is 13.8. The van der Waals surface area contributed by atoms with E-state index in [1.54, 1.807) is 13.0 Å². The molecule has 0 saturated heterocycles. The van der Waals surface area contributed by atoms with Crippen LogP contribution in [0, 0.1) is 12.7 Å². The Labute approximate surface area is 155 Å². The summed E-state index contributed by atoms with van der Waals surface area (Å²) in [6.45, 7) is 2.94. The van der Waals surface area contributed by atoms with Crippen LogP contribution >= 0.6 is 0 Å². The average Bonchev–Trinajstić information content (AvgIpc) is 3.23. The molecule has 1 heterocycles. The third-order valence-electron chi connectivity index (χ3n) is 4.68. The van der Waals surface area contributed by atoms with Crippen LogP contribution in [0.1, 0.15) is 48.7 Å². The van der Waals surface area contributed by atoms with Gasteiger partial charge < -0.3 is 14.5 Å². The second kappa shape index (κ2) is 7.77. The summed E-state index contributed by atoms with van der Waals surface area (Å²) in [5.74, 6) is -2.42. The molecule has 2 aromatic rings. The average molecular weight is 376 g/mol. The number of halogens is 1. The zero-order valence-corrected chi connectivity index (χ0v) is 15.1. The molecule has 1 saturated carbocycles. The summed E-state index contributed by atoms with van der Waals surface area (Å²) in [6.07, 6.45) is 2.64. The number of fused-ring (bicyclic) bond motifs is 1. The van der Waals surface area contributed by atoms with Gasteiger partial charge in [0.2, 0.25) is 5.76 Å². The number of benzene rings is 1. The number of imide groups is 1. The molecule has 1 aromatic heterocycles. The van der Waals surface area contributed by atoms with Crippen LogP contribution in [0.2, 0.25) is 0 Å². The van der Waals surface area contributed by atoms with Crippen molar-refractivity contribution in [3.63, 3.8) is 0 Å². The minimum absolute atomic E-state index is 0.0463. The van der Waals surface area contributed by atoms with Crippen molar-refractivity contribution in [2.45, 2.75) is 51.7 Å². The fourth-order valence-corrected chi connectivity index (χ4v) is 3.18. The molecule has 0 aliphatic heterocycles. The Morgan fingerprint density at radius 3 is 2.63 bits per heavy atom. The maximum Gasteiger partial charge on any atom is 0.375 e. The number of furan rings is 1. The molecule has 0 bridgehead atoms. The van der Waals surface area contributed by atoms with Gasteiger partial charge in [0.15, 0.2) is 17.5 Å². The lowest BCUT2D eigenvalue weighted by molar-refractivity contribution is -0.128. The summed E-state index contributed by atoms with van der Waals surface area (Å²) in [5, 5.41) is 5.32. The third-order valence-corrected chi connectivity index (χ3v) is 4.68. The number of urea groups is 1. The largest absolute Gasteiger partial charge is 0.447 e. The topological polar surface area (TPSA) is 97.6 Å². The fraction of sp³-hybridized carbons (Fsp3) is 0.421. The predicted octanol–water partition coefficient (Wildman–Crippen LogP) is 3.19. The third kappa shape index (κ3) is 4.10. The first-order valence-corrected chi connectivity index (χ1v) is 8.86. The van der Waals surface area contributed by atoms with Gasteiger partial charge in [0.1, 0.15) is 0 Å². The number of esters is 1. The first-order chi connectivity index (χ1) is 12.9. The Hall–Kier alpha value is -2.90. The normalized spacial score (nSPS) is 15.5. The van der Waals surface area contributed by atoms with Crippen molar-refractivity contribution in [2.24, 2.45) is 0 Å². The van der Waals surface area contributed by atoms with E-state index in [4.69, 9.17) is 9.15 Å². The van der Waals surface area contributed by atoms with Gasteiger partial charge in [0, 0.05) is 17.0 Å². The van der Waals surface area contributed by atoms with Gasteiger partial charge in [0.05, 0.1) is 0 Å². The second-order valence-electron chi connectivity index (χ2n) is 6.66. The number of para-hydroxylation sites is 1. The van der Waals surface area contributed by atoms with Crippen molar-refractivity contribution in [2.75, 3.05) is 0 Å². The van der Waals surface area contributed by atoms with Gasteiger partial charge in [-0.1, -0.05) is 25.0 Å². The molecule has 8 heteroatoms. The number of hydrogen-bond donors (Lipinski definition) is 2. The number of nitrogens with one attached hydrogen (secondary N) is 2. The van der Waals surface area contributed by atoms with Crippen LogP contribution in [0.4, 0.5) is 9.18 Å². The van der Waals surface area contributed by atoms with Crippen molar-refractivity contribution < 1.29 is 27.9 Å². The van der Waals surface area contributed by atoms with E-state index in [9.17, 15) is 18.8 Å².